The Bertz CT molecular complexity index is 349. The summed E-state index contributed by atoms with van der Waals surface area (Å²) in [6, 6.07) is -0.808. The van der Waals surface area contributed by atoms with Crippen molar-refractivity contribution in [1.82, 2.24) is 10.6 Å². The van der Waals surface area contributed by atoms with Gasteiger partial charge in [-0.15, -0.1) is 0 Å². The maximum absolute atomic E-state index is 11.6. The summed E-state index contributed by atoms with van der Waals surface area (Å²) in [6.45, 7) is 5.19. The van der Waals surface area contributed by atoms with Crippen LogP contribution in [0.15, 0.2) is 0 Å². The molecule has 3 N–H and O–H groups in total. The van der Waals surface area contributed by atoms with E-state index in [0.717, 1.165) is 12.8 Å². The second-order valence-corrected chi connectivity index (χ2v) is 5.33. The van der Waals surface area contributed by atoms with Crippen LogP contribution in [0.3, 0.4) is 0 Å². The Morgan fingerprint density at radius 1 is 1.30 bits per heavy atom. The largest absolute Gasteiger partial charge is 0.481 e. The molecule has 0 aliphatic heterocycles. The number of nitrogens with one attached hydrogen (secondary N) is 2. The van der Waals surface area contributed by atoms with Crippen LogP contribution in [0.5, 0.6) is 0 Å². The Hall–Kier alpha value is -1.63. The molecular weight excluding hydrogens is 264 g/mol. The molecule has 1 atom stereocenters. The highest BCUT2D eigenvalue weighted by atomic mass is 16.5. The van der Waals surface area contributed by atoms with Crippen LogP contribution in [0.4, 0.5) is 4.79 Å². The fraction of sp³-hybridized carbons (Fsp3) is 0.769. The van der Waals surface area contributed by atoms with Crippen LogP contribution in [-0.2, 0) is 14.3 Å². The van der Waals surface area contributed by atoms with Gasteiger partial charge in [-0.25, -0.2) is 4.79 Å². The number of carboxylic acid groups (broad SMARTS) is 1. The first-order valence-electron chi connectivity index (χ1n) is 6.55. The molecule has 0 aliphatic rings. The lowest BCUT2D eigenvalue weighted by molar-refractivity contribution is -0.149. The summed E-state index contributed by atoms with van der Waals surface area (Å²) in [4.78, 5) is 34.1. The summed E-state index contributed by atoms with van der Waals surface area (Å²) in [7, 11) is 1.53. The van der Waals surface area contributed by atoms with Gasteiger partial charge in [-0.05, 0) is 20.3 Å². The van der Waals surface area contributed by atoms with Crippen LogP contribution in [0.1, 0.15) is 40.0 Å². The number of ether oxygens (including phenoxy) is 1. The maximum Gasteiger partial charge on any atom is 0.321 e. The number of rotatable bonds is 8. The first kappa shape index (κ1) is 18.4. The predicted molar refractivity (Wildman–Crippen MR) is 73.3 cm³/mol. The molecule has 0 aromatic carbocycles. The third-order valence-electron chi connectivity index (χ3n) is 2.77. The van der Waals surface area contributed by atoms with Gasteiger partial charge in [-0.2, -0.15) is 0 Å². The molecule has 3 amide bonds. The molecule has 0 aromatic heterocycles. The van der Waals surface area contributed by atoms with E-state index in [2.05, 4.69) is 10.6 Å². The van der Waals surface area contributed by atoms with Gasteiger partial charge in [0, 0.05) is 13.5 Å². The summed E-state index contributed by atoms with van der Waals surface area (Å²) >= 11 is 0. The first-order valence-corrected chi connectivity index (χ1v) is 6.55. The minimum atomic E-state index is -1.21. The normalized spacial score (nSPS) is 12.6. The number of aliphatic carboxylic acids is 1. The van der Waals surface area contributed by atoms with Gasteiger partial charge in [0.2, 0.25) is 5.91 Å². The highest BCUT2D eigenvalue weighted by molar-refractivity contribution is 5.96. The van der Waals surface area contributed by atoms with Gasteiger partial charge in [-0.1, -0.05) is 13.3 Å². The molecule has 0 fully saturated rings. The van der Waals surface area contributed by atoms with Crippen molar-refractivity contribution in [3.63, 3.8) is 0 Å². The van der Waals surface area contributed by atoms with Crippen molar-refractivity contribution >= 4 is 17.9 Å². The molecular formula is C13H24N2O5. The Morgan fingerprint density at radius 2 is 1.90 bits per heavy atom. The Morgan fingerprint density at radius 3 is 2.35 bits per heavy atom. The summed E-state index contributed by atoms with van der Waals surface area (Å²) in [5.74, 6) is -1.71. The highest BCUT2D eigenvalue weighted by Crippen LogP contribution is 2.19. The molecule has 0 aliphatic carbocycles. The molecule has 1 unspecified atom stereocenters. The van der Waals surface area contributed by atoms with E-state index in [4.69, 9.17) is 9.84 Å². The number of amides is 3. The van der Waals surface area contributed by atoms with Crippen LogP contribution in [0.2, 0.25) is 0 Å². The SMILES string of the molecule is CCCC(COC)NC(=O)NC(=O)CC(C)(C)C(=O)O. The third kappa shape index (κ3) is 7.08. The van der Waals surface area contributed by atoms with Crippen molar-refractivity contribution < 1.29 is 24.2 Å². The van der Waals surface area contributed by atoms with Crippen molar-refractivity contribution in [1.29, 1.82) is 0 Å². The predicted octanol–water partition coefficient (Wildman–Crippen LogP) is 1.13. The van der Waals surface area contributed by atoms with E-state index >= 15 is 0 Å². The van der Waals surface area contributed by atoms with Gasteiger partial charge in [0.05, 0.1) is 18.1 Å². The molecule has 0 spiro atoms. The summed E-state index contributed by atoms with van der Waals surface area (Å²) in [6.07, 6.45) is 1.34. The molecule has 0 radical (unpaired) electrons. The van der Waals surface area contributed by atoms with Gasteiger partial charge < -0.3 is 15.2 Å². The second kappa shape index (κ2) is 8.52. The van der Waals surface area contributed by atoms with Crippen LogP contribution in [-0.4, -0.2) is 42.8 Å². The number of imide groups is 1. The molecule has 0 bridgehead atoms. The Kier molecular flexibility index (Phi) is 7.83. The van der Waals surface area contributed by atoms with Crippen LogP contribution >= 0.6 is 0 Å². The van der Waals surface area contributed by atoms with E-state index in [1.165, 1.54) is 21.0 Å². The number of carboxylic acids is 1. The highest BCUT2D eigenvalue weighted by Gasteiger charge is 2.30. The lowest BCUT2D eigenvalue weighted by atomic mass is 9.89. The molecule has 0 saturated carbocycles. The van der Waals surface area contributed by atoms with E-state index in [0.29, 0.717) is 6.61 Å². The number of hydrogen-bond donors (Lipinski definition) is 3. The summed E-state index contributed by atoms with van der Waals surface area (Å²) in [5.41, 5.74) is -1.21. The lowest BCUT2D eigenvalue weighted by Crippen LogP contribution is -2.47. The minimum absolute atomic E-state index is 0.176. The fourth-order valence-corrected chi connectivity index (χ4v) is 1.62. The smallest absolute Gasteiger partial charge is 0.321 e. The molecule has 20 heavy (non-hydrogen) atoms. The average Bonchev–Trinajstić information content (AvgIpc) is 2.27. The fourth-order valence-electron chi connectivity index (χ4n) is 1.62. The van der Waals surface area contributed by atoms with Crippen molar-refractivity contribution in [3.8, 4) is 0 Å². The monoisotopic (exact) mass is 288 g/mol. The van der Waals surface area contributed by atoms with Gasteiger partial charge in [0.15, 0.2) is 0 Å². The topological polar surface area (TPSA) is 105 Å². The van der Waals surface area contributed by atoms with Crippen LogP contribution in [0, 0.1) is 5.41 Å². The number of hydrogen-bond acceptors (Lipinski definition) is 4. The molecule has 0 aromatic rings. The van der Waals surface area contributed by atoms with Gasteiger partial charge in [0.25, 0.3) is 0 Å². The summed E-state index contributed by atoms with van der Waals surface area (Å²) in [5, 5.41) is 13.7. The number of carbonyl (C=O) groups is 3. The van der Waals surface area contributed by atoms with Gasteiger partial charge in [0.1, 0.15) is 0 Å². The van der Waals surface area contributed by atoms with E-state index < -0.39 is 23.3 Å². The molecule has 7 nitrogen and oxygen atoms in total. The average molecular weight is 288 g/mol. The first-order chi connectivity index (χ1) is 9.22. The number of urea groups is 1. The molecule has 0 saturated heterocycles. The summed E-state index contributed by atoms with van der Waals surface area (Å²) < 4.78 is 4.97. The second-order valence-electron chi connectivity index (χ2n) is 5.33. The molecule has 116 valence electrons. The molecule has 7 heteroatoms. The lowest BCUT2D eigenvalue weighted by Gasteiger charge is -2.20. The van der Waals surface area contributed by atoms with E-state index in [1.54, 1.807) is 0 Å². The van der Waals surface area contributed by atoms with Crippen LogP contribution < -0.4 is 10.6 Å². The van der Waals surface area contributed by atoms with Crippen molar-refractivity contribution in [2.75, 3.05) is 13.7 Å². The minimum Gasteiger partial charge on any atom is -0.481 e. The Labute approximate surface area is 119 Å². The van der Waals surface area contributed by atoms with E-state index in [-0.39, 0.29) is 12.5 Å². The zero-order chi connectivity index (χ0) is 15.8. The Balaban J connectivity index is 4.31. The third-order valence-corrected chi connectivity index (χ3v) is 2.77. The van der Waals surface area contributed by atoms with Gasteiger partial charge >= 0.3 is 12.0 Å². The zero-order valence-corrected chi connectivity index (χ0v) is 12.5. The van der Waals surface area contributed by atoms with Crippen LogP contribution in [0.25, 0.3) is 0 Å². The number of carbonyl (C=O) groups excluding carboxylic acids is 2. The quantitative estimate of drug-likeness (QED) is 0.621. The standard InChI is InChI=1S/C13H24N2O5/c1-5-6-9(8-20-4)14-12(19)15-10(16)7-13(2,3)11(17)18/h9H,5-8H2,1-4H3,(H,17,18)(H2,14,15,16,19). The number of methoxy groups -OCH3 is 1. The van der Waals surface area contributed by atoms with Crippen molar-refractivity contribution in [3.05, 3.63) is 0 Å². The molecule has 0 heterocycles. The van der Waals surface area contributed by atoms with E-state index in [9.17, 15) is 14.4 Å². The maximum atomic E-state index is 11.6. The van der Waals surface area contributed by atoms with Gasteiger partial charge in [-0.3, -0.25) is 14.9 Å². The van der Waals surface area contributed by atoms with Crippen molar-refractivity contribution in [2.45, 2.75) is 46.1 Å². The molecule has 0 rings (SSSR count). The van der Waals surface area contributed by atoms with E-state index in [1.807, 2.05) is 6.92 Å². The zero-order valence-electron chi connectivity index (χ0n) is 12.5. The van der Waals surface area contributed by atoms with Crippen molar-refractivity contribution in [2.24, 2.45) is 5.41 Å².